The molecule has 1 aromatic carbocycles. The average Bonchev–Trinajstić information content (AvgIpc) is 2.21. The Bertz CT molecular complexity index is 363. The van der Waals surface area contributed by atoms with Gasteiger partial charge in [-0.1, -0.05) is 31.5 Å². The molecule has 0 bridgehead atoms. The van der Waals surface area contributed by atoms with Gasteiger partial charge >= 0.3 is 0 Å². The van der Waals surface area contributed by atoms with Crippen molar-refractivity contribution in [3.63, 3.8) is 0 Å². The minimum atomic E-state index is 0.134. The van der Waals surface area contributed by atoms with Crippen LogP contribution in [-0.2, 0) is 6.54 Å². The number of rotatable bonds is 6. The fourth-order valence-corrected chi connectivity index (χ4v) is 2.01. The lowest BCUT2D eigenvalue weighted by molar-refractivity contribution is 0.207. The van der Waals surface area contributed by atoms with Crippen molar-refractivity contribution in [1.29, 1.82) is 0 Å². The summed E-state index contributed by atoms with van der Waals surface area (Å²) in [4.78, 5) is 0. The van der Waals surface area contributed by atoms with Crippen molar-refractivity contribution in [1.82, 2.24) is 5.32 Å². The molecule has 0 saturated carbocycles. The van der Waals surface area contributed by atoms with Crippen LogP contribution in [-0.4, -0.2) is 18.3 Å². The normalized spacial score (nSPS) is 11.8. The van der Waals surface area contributed by atoms with Gasteiger partial charge in [0.2, 0.25) is 0 Å². The predicted octanol–water partition coefficient (Wildman–Crippen LogP) is 3.15. The molecule has 0 aliphatic heterocycles. The van der Waals surface area contributed by atoms with Gasteiger partial charge in [0.15, 0.2) is 0 Å². The highest BCUT2D eigenvalue weighted by atomic mass is 35.5. The molecule has 1 aromatic rings. The van der Waals surface area contributed by atoms with E-state index in [1.807, 2.05) is 12.1 Å². The fraction of sp³-hybridized carbons (Fsp3) is 0.571. The first kappa shape index (κ1) is 14.5. The fourth-order valence-electron chi connectivity index (χ4n) is 1.78. The molecule has 0 spiro atoms. The smallest absolute Gasteiger partial charge is 0.0436 e. The quantitative estimate of drug-likeness (QED) is 0.819. The molecule has 2 N–H and O–H groups in total. The second-order valence-corrected chi connectivity index (χ2v) is 5.75. The maximum Gasteiger partial charge on any atom is 0.0436 e. The summed E-state index contributed by atoms with van der Waals surface area (Å²) in [6, 6.07) is 5.96. The van der Waals surface area contributed by atoms with Crippen LogP contribution in [0.4, 0.5) is 0 Å². The Morgan fingerprint density at radius 1 is 1.35 bits per heavy atom. The van der Waals surface area contributed by atoms with Crippen molar-refractivity contribution in [2.24, 2.45) is 5.41 Å². The largest absolute Gasteiger partial charge is 0.396 e. The average molecular weight is 256 g/mol. The van der Waals surface area contributed by atoms with Crippen LogP contribution >= 0.6 is 11.6 Å². The van der Waals surface area contributed by atoms with Crippen LogP contribution < -0.4 is 5.32 Å². The molecule has 2 nitrogen and oxygen atoms in total. The van der Waals surface area contributed by atoms with Gasteiger partial charge in [-0.25, -0.2) is 0 Å². The molecule has 0 aromatic heterocycles. The number of aryl methyl sites for hydroxylation is 1. The van der Waals surface area contributed by atoms with Crippen molar-refractivity contribution < 1.29 is 5.11 Å². The highest BCUT2D eigenvalue weighted by molar-refractivity contribution is 6.30. The maximum absolute atomic E-state index is 8.95. The molecule has 0 radical (unpaired) electrons. The molecule has 0 heterocycles. The molecule has 96 valence electrons. The molecular formula is C14H22ClNO. The van der Waals surface area contributed by atoms with Gasteiger partial charge in [-0.3, -0.25) is 0 Å². The van der Waals surface area contributed by atoms with Crippen molar-refractivity contribution in [3.8, 4) is 0 Å². The summed E-state index contributed by atoms with van der Waals surface area (Å²) in [6.07, 6.45) is 0.819. The summed E-state index contributed by atoms with van der Waals surface area (Å²) in [6.45, 7) is 8.37. The number of aliphatic hydroxyl groups excluding tert-OH is 1. The topological polar surface area (TPSA) is 32.3 Å². The third kappa shape index (κ3) is 5.07. The molecule has 0 atom stereocenters. The number of halogens is 1. The molecule has 0 aliphatic carbocycles. The van der Waals surface area contributed by atoms with Crippen LogP contribution in [0, 0.1) is 12.3 Å². The molecular weight excluding hydrogens is 234 g/mol. The highest BCUT2D eigenvalue weighted by Crippen LogP contribution is 2.19. The van der Waals surface area contributed by atoms with Gasteiger partial charge in [-0.15, -0.1) is 0 Å². The molecule has 0 unspecified atom stereocenters. The van der Waals surface area contributed by atoms with Crippen LogP contribution in [0.15, 0.2) is 18.2 Å². The first-order valence-corrected chi connectivity index (χ1v) is 6.39. The lowest BCUT2D eigenvalue weighted by Crippen LogP contribution is -2.30. The number of nitrogens with one attached hydrogen (secondary N) is 1. The molecule has 0 amide bonds. The Hall–Kier alpha value is -0.570. The van der Waals surface area contributed by atoms with Crippen LogP contribution in [0.5, 0.6) is 0 Å². The number of hydrogen-bond donors (Lipinski definition) is 2. The first-order chi connectivity index (χ1) is 7.94. The Morgan fingerprint density at radius 3 is 2.65 bits per heavy atom. The van der Waals surface area contributed by atoms with Crippen molar-refractivity contribution in [3.05, 3.63) is 34.3 Å². The standard InChI is InChI=1S/C14H22ClNO/c1-11-8-13(15)5-4-12(11)9-16-10-14(2,3)6-7-17/h4-5,8,16-17H,6-7,9-10H2,1-3H3. The summed E-state index contributed by atoms with van der Waals surface area (Å²) in [7, 11) is 0. The summed E-state index contributed by atoms with van der Waals surface area (Å²) >= 11 is 5.92. The van der Waals surface area contributed by atoms with Crippen molar-refractivity contribution in [2.75, 3.05) is 13.2 Å². The van der Waals surface area contributed by atoms with Crippen LogP contribution in [0.1, 0.15) is 31.4 Å². The number of benzene rings is 1. The first-order valence-electron chi connectivity index (χ1n) is 6.01. The SMILES string of the molecule is Cc1cc(Cl)ccc1CNCC(C)(C)CCO. The van der Waals surface area contributed by atoms with Crippen molar-refractivity contribution in [2.45, 2.75) is 33.7 Å². The van der Waals surface area contributed by atoms with E-state index in [9.17, 15) is 0 Å². The minimum Gasteiger partial charge on any atom is -0.396 e. The number of hydrogen-bond acceptors (Lipinski definition) is 2. The van der Waals surface area contributed by atoms with Crippen LogP contribution in [0.25, 0.3) is 0 Å². The van der Waals surface area contributed by atoms with E-state index >= 15 is 0 Å². The Labute approximate surface area is 109 Å². The zero-order chi connectivity index (χ0) is 12.9. The van der Waals surface area contributed by atoms with Crippen molar-refractivity contribution >= 4 is 11.6 Å². The third-order valence-corrected chi connectivity index (χ3v) is 3.25. The van der Waals surface area contributed by atoms with E-state index in [4.69, 9.17) is 16.7 Å². The zero-order valence-electron chi connectivity index (χ0n) is 10.9. The van der Waals surface area contributed by atoms with E-state index in [1.165, 1.54) is 11.1 Å². The van der Waals surface area contributed by atoms with Crippen LogP contribution in [0.3, 0.4) is 0 Å². The Morgan fingerprint density at radius 2 is 2.06 bits per heavy atom. The predicted molar refractivity (Wildman–Crippen MR) is 73.4 cm³/mol. The second-order valence-electron chi connectivity index (χ2n) is 5.31. The molecule has 17 heavy (non-hydrogen) atoms. The zero-order valence-corrected chi connectivity index (χ0v) is 11.6. The van der Waals surface area contributed by atoms with E-state index in [2.05, 4.69) is 32.2 Å². The third-order valence-electron chi connectivity index (χ3n) is 3.01. The maximum atomic E-state index is 8.95. The van der Waals surface area contributed by atoms with Gasteiger partial charge in [-0.05, 0) is 42.0 Å². The summed E-state index contributed by atoms with van der Waals surface area (Å²) < 4.78 is 0. The molecule has 3 heteroatoms. The summed E-state index contributed by atoms with van der Waals surface area (Å²) in [5.74, 6) is 0. The molecule has 0 aliphatic rings. The van der Waals surface area contributed by atoms with E-state index < -0.39 is 0 Å². The van der Waals surface area contributed by atoms with E-state index in [0.717, 1.165) is 24.5 Å². The van der Waals surface area contributed by atoms with E-state index in [-0.39, 0.29) is 12.0 Å². The lowest BCUT2D eigenvalue weighted by atomic mass is 9.89. The van der Waals surface area contributed by atoms with Gasteiger partial charge in [0.05, 0.1) is 0 Å². The van der Waals surface area contributed by atoms with Gasteiger partial charge in [0.25, 0.3) is 0 Å². The van der Waals surface area contributed by atoms with Gasteiger partial charge in [0.1, 0.15) is 0 Å². The number of aliphatic hydroxyl groups is 1. The minimum absolute atomic E-state index is 0.134. The highest BCUT2D eigenvalue weighted by Gasteiger charge is 2.16. The van der Waals surface area contributed by atoms with E-state index in [0.29, 0.717) is 0 Å². The molecule has 0 saturated heterocycles. The van der Waals surface area contributed by atoms with E-state index in [1.54, 1.807) is 0 Å². The molecule has 1 rings (SSSR count). The van der Waals surface area contributed by atoms with Gasteiger partial charge in [0, 0.05) is 24.7 Å². The Balaban J connectivity index is 2.46. The van der Waals surface area contributed by atoms with Crippen LogP contribution in [0.2, 0.25) is 5.02 Å². The summed E-state index contributed by atoms with van der Waals surface area (Å²) in [5, 5.41) is 13.2. The van der Waals surface area contributed by atoms with Gasteiger partial charge < -0.3 is 10.4 Å². The monoisotopic (exact) mass is 255 g/mol. The van der Waals surface area contributed by atoms with Gasteiger partial charge in [-0.2, -0.15) is 0 Å². The summed E-state index contributed by atoms with van der Waals surface area (Å²) in [5.41, 5.74) is 2.62. The Kier molecular flexibility index (Phi) is 5.44. The molecule has 0 fully saturated rings. The lowest BCUT2D eigenvalue weighted by Gasteiger charge is -2.24. The second kappa shape index (κ2) is 6.39.